The molecule has 0 bridgehead atoms. The number of pyridine rings is 1. The summed E-state index contributed by atoms with van der Waals surface area (Å²) in [6.45, 7) is 1.04. The van der Waals surface area contributed by atoms with Crippen molar-refractivity contribution in [1.29, 1.82) is 0 Å². The first kappa shape index (κ1) is 17.1. The van der Waals surface area contributed by atoms with E-state index in [0.29, 0.717) is 13.1 Å². The Labute approximate surface area is 143 Å². The Kier molecular flexibility index (Phi) is 4.71. The van der Waals surface area contributed by atoms with Gasteiger partial charge in [0.25, 0.3) is 10.2 Å². The standard InChI is InChI=1S/C16H23N5O2S/c1-19(2)24(22,23)21-11-5-6-13(12-21)14-7-4-8-15(18-14)16-9-10-17-20(16)3/h4,7-10,13H,5-6,11-12H2,1-3H3/t13-/m1/s1. The van der Waals surface area contributed by atoms with Crippen LogP contribution in [-0.2, 0) is 17.3 Å². The van der Waals surface area contributed by atoms with E-state index >= 15 is 0 Å². The van der Waals surface area contributed by atoms with Crippen LogP contribution in [0.5, 0.6) is 0 Å². The lowest BCUT2D eigenvalue weighted by Gasteiger charge is -2.33. The molecule has 2 aromatic heterocycles. The van der Waals surface area contributed by atoms with Gasteiger partial charge in [0.15, 0.2) is 0 Å². The van der Waals surface area contributed by atoms with Gasteiger partial charge in [0.1, 0.15) is 0 Å². The van der Waals surface area contributed by atoms with Gasteiger partial charge in [-0.15, -0.1) is 0 Å². The maximum atomic E-state index is 12.4. The van der Waals surface area contributed by atoms with E-state index in [1.807, 2.05) is 31.3 Å². The Balaban J connectivity index is 1.86. The molecule has 1 fully saturated rings. The van der Waals surface area contributed by atoms with Crippen molar-refractivity contribution in [3.8, 4) is 11.4 Å². The first-order chi connectivity index (χ1) is 11.4. The molecule has 0 aromatic carbocycles. The summed E-state index contributed by atoms with van der Waals surface area (Å²) in [5, 5.41) is 4.18. The van der Waals surface area contributed by atoms with E-state index in [1.165, 1.54) is 4.31 Å². The zero-order chi connectivity index (χ0) is 17.3. The molecule has 0 N–H and O–H groups in total. The van der Waals surface area contributed by atoms with E-state index in [0.717, 1.165) is 29.9 Å². The Bertz CT molecular complexity index is 815. The summed E-state index contributed by atoms with van der Waals surface area (Å²) >= 11 is 0. The molecule has 3 rings (SSSR count). The molecule has 0 aliphatic carbocycles. The maximum Gasteiger partial charge on any atom is 0.281 e. The predicted octanol–water partition coefficient (Wildman–Crippen LogP) is 1.47. The third-order valence-corrected chi connectivity index (χ3v) is 6.35. The molecule has 1 aliphatic rings. The number of piperidine rings is 1. The monoisotopic (exact) mass is 349 g/mol. The zero-order valence-corrected chi connectivity index (χ0v) is 15.1. The summed E-state index contributed by atoms with van der Waals surface area (Å²) in [5.74, 6) is 0.113. The van der Waals surface area contributed by atoms with Gasteiger partial charge in [0.05, 0.1) is 11.4 Å². The number of nitrogens with zero attached hydrogens (tertiary/aromatic N) is 5. The van der Waals surface area contributed by atoms with E-state index in [2.05, 4.69) is 5.10 Å². The SMILES string of the molecule is CN(C)S(=O)(=O)N1CCC[C@@H](c2cccc(-c3ccnn3C)n2)C1. The smallest absolute Gasteiger partial charge is 0.266 e. The van der Waals surface area contributed by atoms with Gasteiger partial charge in [0.2, 0.25) is 0 Å². The molecule has 1 saturated heterocycles. The maximum absolute atomic E-state index is 12.4. The van der Waals surface area contributed by atoms with Crippen LogP contribution in [0.2, 0.25) is 0 Å². The first-order valence-corrected chi connectivity index (χ1v) is 9.42. The summed E-state index contributed by atoms with van der Waals surface area (Å²) in [5.41, 5.74) is 2.75. The lowest BCUT2D eigenvalue weighted by Crippen LogP contribution is -2.45. The summed E-state index contributed by atoms with van der Waals surface area (Å²) in [6.07, 6.45) is 3.53. The van der Waals surface area contributed by atoms with Crippen molar-refractivity contribution in [2.75, 3.05) is 27.2 Å². The zero-order valence-electron chi connectivity index (χ0n) is 14.3. The minimum atomic E-state index is -3.38. The van der Waals surface area contributed by atoms with Gasteiger partial charge in [-0.05, 0) is 31.0 Å². The average Bonchev–Trinajstić information content (AvgIpc) is 3.01. The number of aryl methyl sites for hydroxylation is 1. The second kappa shape index (κ2) is 6.62. The van der Waals surface area contributed by atoms with Crippen LogP contribution in [0.4, 0.5) is 0 Å². The van der Waals surface area contributed by atoms with Crippen molar-refractivity contribution in [3.05, 3.63) is 36.2 Å². The van der Waals surface area contributed by atoms with Crippen LogP contribution in [0.3, 0.4) is 0 Å². The molecule has 1 aliphatic heterocycles. The summed E-state index contributed by atoms with van der Waals surface area (Å²) in [6, 6.07) is 7.84. The van der Waals surface area contributed by atoms with E-state index < -0.39 is 10.2 Å². The molecular weight excluding hydrogens is 326 g/mol. The van der Waals surface area contributed by atoms with Gasteiger partial charge in [-0.2, -0.15) is 22.1 Å². The number of aromatic nitrogens is 3. The summed E-state index contributed by atoms with van der Waals surface area (Å²) < 4.78 is 29.4. The topological polar surface area (TPSA) is 71.3 Å². The fourth-order valence-corrected chi connectivity index (χ4v) is 4.26. The van der Waals surface area contributed by atoms with E-state index in [-0.39, 0.29) is 5.92 Å². The normalized spacial score (nSPS) is 19.8. The van der Waals surface area contributed by atoms with Crippen LogP contribution in [0, 0.1) is 0 Å². The third kappa shape index (κ3) is 3.22. The minimum Gasteiger partial charge on any atom is -0.266 e. The lowest BCUT2D eigenvalue weighted by atomic mass is 9.95. The molecule has 130 valence electrons. The van der Waals surface area contributed by atoms with Gasteiger partial charge >= 0.3 is 0 Å². The van der Waals surface area contributed by atoms with Crippen molar-refractivity contribution < 1.29 is 8.42 Å². The van der Waals surface area contributed by atoms with E-state index in [4.69, 9.17) is 4.98 Å². The fraction of sp³-hybridized carbons (Fsp3) is 0.500. The number of hydrogen-bond donors (Lipinski definition) is 0. The molecule has 7 nitrogen and oxygen atoms in total. The molecule has 0 radical (unpaired) electrons. The molecule has 0 amide bonds. The molecule has 8 heteroatoms. The van der Waals surface area contributed by atoms with Crippen LogP contribution in [0.15, 0.2) is 30.5 Å². The summed E-state index contributed by atoms with van der Waals surface area (Å²) in [7, 11) is 1.65. The highest BCUT2D eigenvalue weighted by atomic mass is 32.2. The second-order valence-electron chi connectivity index (χ2n) is 6.28. The molecule has 0 unspecified atom stereocenters. The lowest BCUT2D eigenvalue weighted by molar-refractivity contribution is 0.296. The minimum absolute atomic E-state index is 0.113. The van der Waals surface area contributed by atoms with Crippen LogP contribution in [-0.4, -0.2) is 59.0 Å². The van der Waals surface area contributed by atoms with Crippen molar-refractivity contribution in [3.63, 3.8) is 0 Å². The highest BCUT2D eigenvalue weighted by Crippen LogP contribution is 2.29. The van der Waals surface area contributed by atoms with Gasteiger partial charge in [-0.1, -0.05) is 6.07 Å². The van der Waals surface area contributed by atoms with Crippen LogP contribution >= 0.6 is 0 Å². The average molecular weight is 349 g/mol. The number of rotatable bonds is 4. The Hall–Kier alpha value is -1.77. The molecule has 24 heavy (non-hydrogen) atoms. The molecule has 2 aromatic rings. The van der Waals surface area contributed by atoms with Crippen molar-refractivity contribution >= 4 is 10.2 Å². The fourth-order valence-electron chi connectivity index (χ4n) is 3.07. The Morgan fingerprint density at radius 3 is 2.71 bits per heavy atom. The van der Waals surface area contributed by atoms with Crippen LogP contribution in [0.1, 0.15) is 24.5 Å². The van der Waals surface area contributed by atoms with Crippen molar-refractivity contribution in [2.45, 2.75) is 18.8 Å². The summed E-state index contributed by atoms with van der Waals surface area (Å²) in [4.78, 5) is 4.77. The van der Waals surface area contributed by atoms with E-state index in [9.17, 15) is 8.42 Å². The molecule has 1 atom stereocenters. The molecule has 0 spiro atoms. The van der Waals surface area contributed by atoms with E-state index in [1.54, 1.807) is 29.3 Å². The molecule has 3 heterocycles. The van der Waals surface area contributed by atoms with Crippen molar-refractivity contribution in [1.82, 2.24) is 23.4 Å². The first-order valence-electron chi connectivity index (χ1n) is 8.02. The van der Waals surface area contributed by atoms with Gasteiger partial charge in [-0.25, -0.2) is 0 Å². The Morgan fingerprint density at radius 2 is 2.04 bits per heavy atom. The predicted molar refractivity (Wildman–Crippen MR) is 92.6 cm³/mol. The van der Waals surface area contributed by atoms with Crippen LogP contribution < -0.4 is 0 Å². The molecule has 0 saturated carbocycles. The van der Waals surface area contributed by atoms with Gasteiger partial charge < -0.3 is 0 Å². The van der Waals surface area contributed by atoms with Crippen molar-refractivity contribution in [2.24, 2.45) is 7.05 Å². The van der Waals surface area contributed by atoms with Gasteiger partial charge in [0, 0.05) is 52.0 Å². The second-order valence-corrected chi connectivity index (χ2v) is 8.42. The quantitative estimate of drug-likeness (QED) is 0.838. The highest BCUT2D eigenvalue weighted by molar-refractivity contribution is 7.86. The van der Waals surface area contributed by atoms with Gasteiger partial charge in [-0.3, -0.25) is 9.67 Å². The van der Waals surface area contributed by atoms with Crippen LogP contribution in [0.25, 0.3) is 11.4 Å². The largest absolute Gasteiger partial charge is 0.281 e. The molecular formula is C16H23N5O2S. The highest BCUT2D eigenvalue weighted by Gasteiger charge is 2.31. The number of hydrogen-bond acceptors (Lipinski definition) is 4. The Morgan fingerprint density at radius 1 is 1.25 bits per heavy atom. The third-order valence-electron chi connectivity index (χ3n) is 4.44.